The Kier molecular flexibility index (Phi) is 10.4. The Bertz CT molecular complexity index is 2490. The van der Waals surface area contributed by atoms with Gasteiger partial charge >= 0.3 is 6.18 Å². The van der Waals surface area contributed by atoms with Crippen molar-refractivity contribution in [1.29, 1.82) is 0 Å². The number of aromatic nitrogens is 3. The number of Topliss-reactive ketones (excluding diaryl/α,β-unsaturated/α-hetero) is 1. The van der Waals surface area contributed by atoms with Crippen LogP contribution in [0, 0.1) is 49.4 Å². The molecule has 0 aliphatic heterocycles. The van der Waals surface area contributed by atoms with Crippen LogP contribution in [-0.2, 0) is 0 Å². The molecule has 8 aromatic rings. The molecule has 4 aromatic carbocycles. The SMILES string of the molecule is O=C(c1c(O)c2ccc3c4ccccc4sc3c2n(-c2ccc(-c3ccccc3)cc2)c1=O)C(F)(F)F.[Eu].c1ccc(-c2ccccn2)nc1. The van der Waals surface area contributed by atoms with E-state index >= 15 is 0 Å². The summed E-state index contributed by atoms with van der Waals surface area (Å²) >= 11 is 1.36. The average molecular weight is 824 g/mol. The molecule has 0 aliphatic rings. The smallest absolute Gasteiger partial charge is 0.455 e. The number of carbonyl (C=O) groups is 1. The fourth-order valence-corrected chi connectivity index (χ4v) is 6.93. The molecule has 4 heterocycles. The first kappa shape index (κ1) is 35.3. The summed E-state index contributed by atoms with van der Waals surface area (Å²) in [6.45, 7) is 0. The third kappa shape index (κ3) is 6.78. The number of fused-ring (bicyclic) bond motifs is 5. The van der Waals surface area contributed by atoms with E-state index in [2.05, 4.69) is 9.97 Å². The van der Waals surface area contributed by atoms with E-state index < -0.39 is 28.8 Å². The Morgan fingerprint density at radius 1 is 0.660 bits per heavy atom. The molecular weight excluding hydrogens is 799 g/mol. The van der Waals surface area contributed by atoms with E-state index in [1.54, 1.807) is 42.7 Å². The molecular formula is C39H24EuF3N3O3S. The van der Waals surface area contributed by atoms with Crippen molar-refractivity contribution in [2.75, 3.05) is 0 Å². The third-order valence-electron chi connectivity index (χ3n) is 7.96. The van der Waals surface area contributed by atoms with E-state index in [1.807, 2.05) is 91.0 Å². The standard InChI is InChI=1S/C29H16F3NO3S.C10H8N2.Eu/c30-29(31,32)27(35)23-25(34)21-15-14-20-19-8-4-5-9-22(19)37-26(20)24(21)33(28(23)36)18-12-10-17(11-13-18)16-6-2-1-3-7-16;1-3-7-11-9(5-1)10-6-2-4-8-12-10;/h1-15,34H;1-8H;. The van der Waals surface area contributed by atoms with Crippen LogP contribution in [0.3, 0.4) is 0 Å². The van der Waals surface area contributed by atoms with Crippen molar-refractivity contribution >= 4 is 48.2 Å². The summed E-state index contributed by atoms with van der Waals surface area (Å²) in [6.07, 6.45) is -1.80. The van der Waals surface area contributed by atoms with E-state index in [0.29, 0.717) is 4.70 Å². The molecule has 4 aromatic heterocycles. The van der Waals surface area contributed by atoms with Crippen molar-refractivity contribution in [2.45, 2.75) is 6.18 Å². The monoisotopic (exact) mass is 824 g/mol. The summed E-state index contributed by atoms with van der Waals surface area (Å²) < 4.78 is 43.0. The summed E-state index contributed by atoms with van der Waals surface area (Å²) in [5, 5.41) is 12.5. The summed E-state index contributed by atoms with van der Waals surface area (Å²) in [5.41, 5.74) is 1.59. The Hall–Kier alpha value is -4.55. The van der Waals surface area contributed by atoms with Gasteiger partial charge in [0.05, 0.1) is 21.6 Å². The van der Waals surface area contributed by atoms with Crippen LogP contribution in [0.4, 0.5) is 13.2 Å². The number of hydrogen-bond acceptors (Lipinski definition) is 6. The Morgan fingerprint density at radius 2 is 1.22 bits per heavy atom. The molecule has 8 rings (SSSR count). The van der Waals surface area contributed by atoms with Gasteiger partial charge in [-0.2, -0.15) is 13.2 Å². The molecule has 6 nitrogen and oxygen atoms in total. The molecule has 50 heavy (non-hydrogen) atoms. The number of rotatable bonds is 4. The Labute approximate surface area is 328 Å². The zero-order valence-electron chi connectivity index (χ0n) is 25.8. The number of hydrogen-bond donors (Lipinski definition) is 1. The summed E-state index contributed by atoms with van der Waals surface area (Å²) in [4.78, 5) is 34.2. The summed E-state index contributed by atoms with van der Waals surface area (Å²) in [7, 11) is 0. The van der Waals surface area contributed by atoms with Gasteiger partial charge in [-0.15, -0.1) is 11.3 Å². The van der Waals surface area contributed by atoms with Crippen LogP contribution in [-0.4, -0.2) is 31.6 Å². The fourth-order valence-electron chi connectivity index (χ4n) is 5.69. The maximum Gasteiger partial charge on any atom is 0.455 e. The molecule has 1 N–H and O–H groups in total. The Morgan fingerprint density at radius 3 is 1.82 bits per heavy atom. The maximum atomic E-state index is 13.6. The van der Waals surface area contributed by atoms with Crippen molar-refractivity contribution in [2.24, 2.45) is 0 Å². The predicted molar refractivity (Wildman–Crippen MR) is 187 cm³/mol. The fraction of sp³-hybridized carbons (Fsp3) is 0.0256. The largest absolute Gasteiger partial charge is 0.506 e. The third-order valence-corrected chi connectivity index (χ3v) is 9.16. The van der Waals surface area contributed by atoms with Crippen LogP contribution < -0.4 is 5.56 Å². The predicted octanol–water partition coefficient (Wildman–Crippen LogP) is 9.62. The molecule has 247 valence electrons. The Balaban J connectivity index is 0.000000281. The van der Waals surface area contributed by atoms with Crippen LogP contribution in [0.2, 0.25) is 0 Å². The maximum absolute atomic E-state index is 13.6. The van der Waals surface area contributed by atoms with Gasteiger partial charge in [0, 0.05) is 88.3 Å². The topological polar surface area (TPSA) is 85.1 Å². The zero-order chi connectivity index (χ0) is 34.1. The van der Waals surface area contributed by atoms with Crippen molar-refractivity contribution in [1.82, 2.24) is 14.5 Å². The second kappa shape index (κ2) is 14.7. The first-order valence-corrected chi connectivity index (χ1v) is 15.9. The first-order valence-electron chi connectivity index (χ1n) is 15.0. The van der Waals surface area contributed by atoms with Crippen molar-refractivity contribution in [3.63, 3.8) is 0 Å². The molecule has 0 atom stereocenters. The number of pyridine rings is 3. The van der Waals surface area contributed by atoms with Gasteiger partial charge in [-0.25, -0.2) is 0 Å². The van der Waals surface area contributed by atoms with Gasteiger partial charge in [-0.3, -0.25) is 24.1 Å². The molecule has 0 spiro atoms. The number of alkyl halides is 3. The van der Waals surface area contributed by atoms with Gasteiger partial charge in [-0.1, -0.05) is 78.9 Å². The number of ketones is 1. The molecule has 0 bridgehead atoms. The van der Waals surface area contributed by atoms with Crippen LogP contribution in [0.15, 0.2) is 145 Å². The number of nitrogens with zero attached hydrogens (tertiary/aromatic N) is 3. The van der Waals surface area contributed by atoms with Gasteiger partial charge < -0.3 is 5.11 Å². The van der Waals surface area contributed by atoms with Crippen molar-refractivity contribution < 1.29 is 72.4 Å². The second-order valence-electron chi connectivity index (χ2n) is 11.0. The molecule has 0 aliphatic carbocycles. The molecule has 0 amide bonds. The van der Waals surface area contributed by atoms with Gasteiger partial charge in [0.1, 0.15) is 11.3 Å². The molecule has 1 radical (unpaired) electrons. The van der Waals surface area contributed by atoms with E-state index in [4.69, 9.17) is 0 Å². The van der Waals surface area contributed by atoms with Gasteiger partial charge in [0.2, 0.25) is 0 Å². The summed E-state index contributed by atoms with van der Waals surface area (Å²) in [5.74, 6) is -3.36. The molecule has 11 heteroatoms. The van der Waals surface area contributed by atoms with E-state index in [9.17, 15) is 27.9 Å². The van der Waals surface area contributed by atoms with Gasteiger partial charge in [0.25, 0.3) is 11.3 Å². The minimum absolute atomic E-state index is 0. The number of thiophene rings is 1. The molecule has 0 saturated carbocycles. The normalized spacial score (nSPS) is 11.2. The van der Waals surface area contributed by atoms with E-state index in [0.717, 1.165) is 42.6 Å². The minimum atomic E-state index is -5.33. The minimum Gasteiger partial charge on any atom is -0.506 e. The van der Waals surface area contributed by atoms with Crippen molar-refractivity contribution in [3.8, 4) is 34.0 Å². The van der Waals surface area contributed by atoms with Crippen LogP contribution >= 0.6 is 11.3 Å². The molecule has 0 unspecified atom stereocenters. The molecule has 0 fully saturated rings. The summed E-state index contributed by atoms with van der Waals surface area (Å²) in [6, 6.07) is 38.5. The number of aromatic hydroxyl groups is 1. The number of halogens is 3. The van der Waals surface area contributed by atoms with E-state index in [1.165, 1.54) is 17.4 Å². The van der Waals surface area contributed by atoms with Gasteiger partial charge in [-0.05, 0) is 59.7 Å². The average Bonchev–Trinajstić information content (AvgIpc) is 3.52. The zero-order valence-corrected chi connectivity index (χ0v) is 29.0. The van der Waals surface area contributed by atoms with Crippen LogP contribution in [0.1, 0.15) is 10.4 Å². The van der Waals surface area contributed by atoms with Crippen molar-refractivity contribution in [3.05, 3.63) is 156 Å². The van der Waals surface area contributed by atoms with Crippen LogP contribution in [0.5, 0.6) is 5.75 Å². The number of carbonyl (C=O) groups excluding carboxylic acids is 1. The molecule has 0 saturated heterocycles. The first-order chi connectivity index (χ1) is 23.7. The quantitative estimate of drug-likeness (QED) is 0.179. The number of benzene rings is 4. The van der Waals surface area contributed by atoms with E-state index in [-0.39, 0.29) is 66.0 Å². The second-order valence-corrected chi connectivity index (χ2v) is 12.0. The van der Waals surface area contributed by atoms with Crippen LogP contribution in [0.25, 0.3) is 59.3 Å². The van der Waals surface area contributed by atoms with Gasteiger partial charge in [0.15, 0.2) is 0 Å².